The summed E-state index contributed by atoms with van der Waals surface area (Å²) >= 11 is 0. The molecule has 0 bridgehead atoms. The van der Waals surface area contributed by atoms with Crippen molar-refractivity contribution in [1.29, 1.82) is 0 Å². The molecule has 5 saturated heterocycles. The number of hydrogen-bond acceptors (Lipinski definition) is 13. The van der Waals surface area contributed by atoms with Crippen LogP contribution in [0.3, 0.4) is 0 Å². The number of nitrogens with zero attached hydrogens (tertiary/aromatic N) is 9. The lowest BCUT2D eigenvalue weighted by Crippen LogP contribution is -2.54. The highest BCUT2D eigenvalue weighted by atomic mass is 19.1. The molecule has 7 heterocycles. The number of anilines is 4. The second kappa shape index (κ2) is 16.9. The average Bonchev–Trinajstić information content (AvgIpc) is 3.73. The second-order valence-electron chi connectivity index (χ2n) is 17.4. The molecular weight excluding hydrogens is 800 g/mol. The fraction of sp³-hybridized carbons (Fsp3) is 0.512. The van der Waals surface area contributed by atoms with Crippen LogP contribution in [-0.2, 0) is 9.59 Å². The summed E-state index contributed by atoms with van der Waals surface area (Å²) in [5.41, 5.74) is 7.89. The Kier molecular flexibility index (Phi) is 11.2. The molecule has 5 fully saturated rings. The van der Waals surface area contributed by atoms with Crippen LogP contribution in [-0.4, -0.2) is 148 Å². The van der Waals surface area contributed by atoms with Gasteiger partial charge in [0.2, 0.25) is 17.8 Å². The number of piperidine rings is 4. The number of amides is 7. The Morgan fingerprint density at radius 3 is 2.26 bits per heavy atom. The van der Waals surface area contributed by atoms with Gasteiger partial charge in [0, 0.05) is 65.0 Å². The topological polar surface area (TPSA) is 211 Å². The monoisotopic (exact) mass is 850 g/mol. The van der Waals surface area contributed by atoms with Crippen molar-refractivity contribution in [3.05, 3.63) is 64.6 Å². The number of likely N-dealkylation sites (N-methyl/N-ethyl adjacent to an activating group) is 1. The van der Waals surface area contributed by atoms with Crippen molar-refractivity contribution in [1.82, 2.24) is 40.1 Å². The molecule has 4 N–H and O–H groups in total. The minimum Gasteiger partial charge on any atom is -0.369 e. The SMILES string of the molecule is CN1CCN(C2CCCN(c3nnc(C(N)=O)c(Nc4ccc(C5CCN(CC6CCN(c7cc8c(cc7F)C(=O)N(C7CCC(=O)NC7=O)C8=O)CC6)CC5)cc4)n3)C2)C1=O. The summed E-state index contributed by atoms with van der Waals surface area (Å²) in [6.45, 7) is 6.77. The molecule has 0 spiro atoms. The summed E-state index contributed by atoms with van der Waals surface area (Å²) in [5, 5.41) is 13.8. The Hall–Kier alpha value is -6.24. The lowest BCUT2D eigenvalue weighted by molar-refractivity contribution is -0.136. The number of imide groups is 2. The highest BCUT2D eigenvalue weighted by Crippen LogP contribution is 2.36. The van der Waals surface area contributed by atoms with Crippen LogP contribution in [0.2, 0.25) is 0 Å². The van der Waals surface area contributed by atoms with Gasteiger partial charge in [0.25, 0.3) is 17.7 Å². The third-order valence-electron chi connectivity index (χ3n) is 13.5. The molecule has 2 atom stereocenters. The van der Waals surface area contributed by atoms with Crippen LogP contribution in [0.15, 0.2) is 36.4 Å². The molecule has 62 heavy (non-hydrogen) atoms. The summed E-state index contributed by atoms with van der Waals surface area (Å²) < 4.78 is 15.5. The quantitative estimate of drug-likeness (QED) is 0.251. The zero-order valence-electron chi connectivity index (χ0n) is 34.7. The van der Waals surface area contributed by atoms with Gasteiger partial charge in [-0.3, -0.25) is 34.2 Å². The highest BCUT2D eigenvalue weighted by molar-refractivity contribution is 6.23. The van der Waals surface area contributed by atoms with Crippen molar-refractivity contribution >= 4 is 58.7 Å². The predicted octanol–water partition coefficient (Wildman–Crippen LogP) is 2.69. The van der Waals surface area contributed by atoms with E-state index in [0.29, 0.717) is 57.1 Å². The minimum atomic E-state index is -1.10. The highest BCUT2D eigenvalue weighted by Gasteiger charge is 2.45. The Balaban J connectivity index is 0.762. The molecular formula is C43H51FN12O6. The summed E-state index contributed by atoms with van der Waals surface area (Å²) in [6.07, 6.45) is 5.56. The number of primary amides is 1. The molecule has 6 aliphatic rings. The number of nitrogens with two attached hydrogens (primary N) is 1. The molecule has 0 aliphatic carbocycles. The number of likely N-dealkylation sites (tertiary alicyclic amines) is 1. The zero-order valence-corrected chi connectivity index (χ0v) is 34.7. The molecule has 18 nitrogen and oxygen atoms in total. The maximum absolute atomic E-state index is 15.5. The van der Waals surface area contributed by atoms with Gasteiger partial charge in [0.05, 0.1) is 22.9 Å². The molecule has 0 radical (unpaired) electrons. The number of carbonyl (C=O) groups excluding carboxylic acids is 6. The fourth-order valence-electron chi connectivity index (χ4n) is 9.97. The van der Waals surface area contributed by atoms with Crippen LogP contribution in [0, 0.1) is 11.7 Å². The predicted molar refractivity (Wildman–Crippen MR) is 224 cm³/mol. The lowest BCUT2D eigenvalue weighted by Gasteiger charge is -2.38. The maximum Gasteiger partial charge on any atom is 0.320 e. The molecule has 2 aromatic carbocycles. The van der Waals surface area contributed by atoms with Crippen LogP contribution in [0.25, 0.3) is 0 Å². The first kappa shape index (κ1) is 41.1. The number of nitrogens with one attached hydrogen (secondary N) is 2. The number of fused-ring (bicyclic) bond motifs is 1. The molecule has 9 rings (SSSR count). The summed E-state index contributed by atoms with van der Waals surface area (Å²) in [4.78, 5) is 91.2. The van der Waals surface area contributed by atoms with Gasteiger partial charge in [-0.05, 0) is 99.7 Å². The van der Waals surface area contributed by atoms with E-state index in [2.05, 4.69) is 37.9 Å². The van der Waals surface area contributed by atoms with E-state index in [-0.39, 0.29) is 53.2 Å². The fourth-order valence-corrected chi connectivity index (χ4v) is 9.97. The third-order valence-corrected chi connectivity index (χ3v) is 13.5. The van der Waals surface area contributed by atoms with Gasteiger partial charge in [0.15, 0.2) is 11.5 Å². The summed E-state index contributed by atoms with van der Waals surface area (Å²) in [5.74, 6) is -2.39. The molecule has 1 aromatic heterocycles. The van der Waals surface area contributed by atoms with Crippen molar-refractivity contribution in [2.24, 2.45) is 11.7 Å². The standard InChI is InChI=1S/C43H51FN12O6/c1-51-19-20-55(43(51)62)29-3-2-14-54(24-29)42-48-38(36(37(45)58)49-50-42)46-28-6-4-26(5-7-28)27-12-15-52(16-13-27)23-25-10-17-53(18-11-25)34-22-31-30(21-32(34)44)40(60)56(41(31)61)33-8-9-35(57)47-39(33)59/h4-7,21-22,25,27,29,33H,2-3,8-20,23-24H2,1H3,(H2,45,58)(H,46,48,50)(H,47,57,59). The van der Waals surface area contributed by atoms with Crippen molar-refractivity contribution in [3.63, 3.8) is 0 Å². The van der Waals surface area contributed by atoms with E-state index in [9.17, 15) is 28.8 Å². The normalized spacial score (nSPS) is 23.1. The van der Waals surface area contributed by atoms with E-state index in [0.717, 1.165) is 74.8 Å². The van der Waals surface area contributed by atoms with Gasteiger partial charge in [-0.1, -0.05) is 12.1 Å². The van der Waals surface area contributed by atoms with Crippen LogP contribution in [0.4, 0.5) is 32.3 Å². The van der Waals surface area contributed by atoms with Gasteiger partial charge in [-0.15, -0.1) is 10.2 Å². The molecule has 6 aliphatic heterocycles. The second-order valence-corrected chi connectivity index (χ2v) is 17.4. The van der Waals surface area contributed by atoms with E-state index in [4.69, 9.17) is 10.7 Å². The van der Waals surface area contributed by atoms with E-state index in [1.165, 1.54) is 11.6 Å². The first-order valence-electron chi connectivity index (χ1n) is 21.6. The van der Waals surface area contributed by atoms with Gasteiger partial charge in [0.1, 0.15) is 11.9 Å². The van der Waals surface area contributed by atoms with Gasteiger partial charge in [-0.25, -0.2) is 9.18 Å². The number of carbonyl (C=O) groups is 6. The van der Waals surface area contributed by atoms with Gasteiger partial charge in [-0.2, -0.15) is 4.98 Å². The first-order chi connectivity index (χ1) is 29.9. The van der Waals surface area contributed by atoms with Crippen molar-refractivity contribution in [2.45, 2.75) is 69.4 Å². The summed E-state index contributed by atoms with van der Waals surface area (Å²) in [7, 11) is 1.81. The molecule has 2 unspecified atom stereocenters. The number of benzene rings is 2. The van der Waals surface area contributed by atoms with Gasteiger partial charge < -0.3 is 35.6 Å². The summed E-state index contributed by atoms with van der Waals surface area (Å²) in [6, 6.07) is 9.67. The number of urea groups is 1. The Labute approximate surface area is 357 Å². The largest absolute Gasteiger partial charge is 0.369 e. The number of halogens is 1. The van der Waals surface area contributed by atoms with Crippen molar-refractivity contribution < 1.29 is 33.2 Å². The third kappa shape index (κ3) is 8.00. The van der Waals surface area contributed by atoms with E-state index in [1.54, 1.807) is 4.90 Å². The number of rotatable bonds is 10. The van der Waals surface area contributed by atoms with Crippen LogP contribution in [0.5, 0.6) is 0 Å². The van der Waals surface area contributed by atoms with E-state index >= 15 is 4.39 Å². The number of aromatic nitrogens is 3. The van der Waals surface area contributed by atoms with Gasteiger partial charge >= 0.3 is 6.03 Å². The number of hydrogen-bond donors (Lipinski definition) is 3. The lowest BCUT2D eigenvalue weighted by atomic mass is 9.88. The average molecular weight is 851 g/mol. The zero-order chi connectivity index (χ0) is 43.2. The van der Waals surface area contributed by atoms with Crippen LogP contribution >= 0.6 is 0 Å². The smallest absolute Gasteiger partial charge is 0.320 e. The van der Waals surface area contributed by atoms with E-state index < -0.39 is 41.4 Å². The molecule has 3 aromatic rings. The Morgan fingerprint density at radius 2 is 1.58 bits per heavy atom. The molecule has 326 valence electrons. The van der Waals surface area contributed by atoms with E-state index in [1.807, 2.05) is 33.9 Å². The van der Waals surface area contributed by atoms with Crippen LogP contribution < -0.4 is 26.2 Å². The van der Waals surface area contributed by atoms with Crippen molar-refractivity contribution in [2.75, 3.05) is 81.1 Å². The maximum atomic E-state index is 15.5. The Bertz CT molecular complexity index is 2300. The molecule has 0 saturated carbocycles. The van der Waals surface area contributed by atoms with Crippen molar-refractivity contribution in [3.8, 4) is 0 Å². The van der Waals surface area contributed by atoms with Crippen LogP contribution in [0.1, 0.15) is 94.1 Å². The first-order valence-corrected chi connectivity index (χ1v) is 21.6. The Morgan fingerprint density at radius 1 is 0.855 bits per heavy atom. The minimum absolute atomic E-state index is 0.0155. The molecule has 19 heteroatoms. The molecule has 7 amide bonds.